The summed E-state index contributed by atoms with van der Waals surface area (Å²) in [5.74, 6) is 0.367. The van der Waals surface area contributed by atoms with Crippen molar-refractivity contribution in [1.29, 1.82) is 0 Å². The first kappa shape index (κ1) is 20.4. The summed E-state index contributed by atoms with van der Waals surface area (Å²) in [4.78, 5) is 9.38. The molecule has 1 fully saturated rings. The van der Waals surface area contributed by atoms with E-state index in [2.05, 4.69) is 4.98 Å². The third-order valence-electron chi connectivity index (χ3n) is 4.96. The number of alkyl halides is 6. The summed E-state index contributed by atoms with van der Waals surface area (Å²) in [6.07, 6.45) is -4.72. The van der Waals surface area contributed by atoms with E-state index in [1.165, 1.54) is 12.1 Å². The molecule has 0 N–H and O–H groups in total. The quantitative estimate of drug-likeness (QED) is 0.591. The van der Waals surface area contributed by atoms with E-state index in [9.17, 15) is 26.3 Å². The molecule has 0 saturated carbocycles. The predicted octanol–water partition coefficient (Wildman–Crippen LogP) is 5.61. The molecule has 0 unspecified atom stereocenters. The van der Waals surface area contributed by atoms with Gasteiger partial charge in [-0.15, -0.1) is 0 Å². The van der Waals surface area contributed by atoms with Crippen molar-refractivity contribution in [2.45, 2.75) is 43.8 Å². The Balaban J connectivity index is 1.42. The van der Waals surface area contributed by atoms with E-state index in [-0.39, 0.29) is 18.0 Å². The number of aromatic nitrogens is 1. The normalized spacial score (nSPS) is 21.4. The van der Waals surface area contributed by atoms with Gasteiger partial charge in [0, 0.05) is 18.7 Å². The molecule has 0 spiro atoms. The van der Waals surface area contributed by atoms with Crippen LogP contribution in [0.5, 0.6) is 11.6 Å². The van der Waals surface area contributed by atoms with Gasteiger partial charge in [0.05, 0.1) is 22.9 Å². The number of ether oxygens (including phenoxy) is 1. The lowest BCUT2D eigenvalue weighted by Gasteiger charge is -2.33. The van der Waals surface area contributed by atoms with E-state index in [0.717, 1.165) is 36.4 Å². The molecular formula is C20H16F6N2O2. The molecule has 30 heavy (non-hydrogen) atoms. The van der Waals surface area contributed by atoms with Gasteiger partial charge in [0.1, 0.15) is 11.9 Å². The number of benzene rings is 1. The molecule has 2 aliphatic heterocycles. The summed E-state index contributed by atoms with van der Waals surface area (Å²) in [6.45, 7) is 0. The number of hydroxylamine groups is 2. The van der Waals surface area contributed by atoms with Crippen molar-refractivity contribution in [2.24, 2.45) is 0 Å². The van der Waals surface area contributed by atoms with Gasteiger partial charge >= 0.3 is 12.4 Å². The van der Waals surface area contributed by atoms with Gasteiger partial charge in [0.15, 0.2) is 0 Å². The lowest BCUT2D eigenvalue weighted by atomic mass is 10.1. The molecule has 0 radical (unpaired) electrons. The number of rotatable bonds is 4. The molecule has 1 aromatic heterocycles. The SMILES string of the molecule is FC(F)(F)c1ccc(O[C@@H]2C=C3CC[C@H](C2)N3Oc2ccc(C(F)(F)F)cn2)cc1. The van der Waals surface area contributed by atoms with Crippen molar-refractivity contribution >= 4 is 0 Å². The van der Waals surface area contributed by atoms with E-state index < -0.39 is 23.5 Å². The Morgan fingerprint density at radius 1 is 0.900 bits per heavy atom. The first-order valence-corrected chi connectivity index (χ1v) is 9.15. The first-order valence-electron chi connectivity index (χ1n) is 9.15. The largest absolute Gasteiger partial charge is 0.486 e. The van der Waals surface area contributed by atoms with Crippen molar-refractivity contribution in [3.05, 3.63) is 65.5 Å². The van der Waals surface area contributed by atoms with Gasteiger partial charge in [0.2, 0.25) is 5.88 Å². The number of nitrogens with zero attached hydrogens (tertiary/aromatic N) is 2. The maximum Gasteiger partial charge on any atom is 0.417 e. The molecule has 4 nitrogen and oxygen atoms in total. The Bertz CT molecular complexity index is 922. The van der Waals surface area contributed by atoms with Gasteiger partial charge in [-0.3, -0.25) is 0 Å². The van der Waals surface area contributed by atoms with Crippen LogP contribution in [0.3, 0.4) is 0 Å². The second kappa shape index (κ2) is 7.41. The fraction of sp³-hybridized carbons (Fsp3) is 0.350. The summed E-state index contributed by atoms with van der Waals surface area (Å²) in [7, 11) is 0. The van der Waals surface area contributed by atoms with Gasteiger partial charge in [-0.1, -0.05) is 0 Å². The van der Waals surface area contributed by atoms with Crippen LogP contribution >= 0.6 is 0 Å². The van der Waals surface area contributed by atoms with E-state index in [1.807, 2.05) is 6.08 Å². The highest BCUT2D eigenvalue weighted by Crippen LogP contribution is 2.38. The van der Waals surface area contributed by atoms with Crippen molar-refractivity contribution in [3.8, 4) is 11.6 Å². The van der Waals surface area contributed by atoms with Gasteiger partial charge in [-0.25, -0.2) is 10.0 Å². The van der Waals surface area contributed by atoms with Crippen LogP contribution in [0.25, 0.3) is 0 Å². The minimum Gasteiger partial charge on any atom is -0.486 e. The zero-order valence-corrected chi connectivity index (χ0v) is 15.4. The number of halogens is 6. The monoisotopic (exact) mass is 430 g/mol. The van der Waals surface area contributed by atoms with Crippen LogP contribution in [0.15, 0.2) is 54.4 Å². The molecule has 0 aliphatic carbocycles. The van der Waals surface area contributed by atoms with Crippen LogP contribution < -0.4 is 9.57 Å². The molecule has 2 atom stereocenters. The van der Waals surface area contributed by atoms with Crippen LogP contribution in [0, 0.1) is 0 Å². The maximum atomic E-state index is 12.7. The van der Waals surface area contributed by atoms with Crippen LogP contribution in [-0.2, 0) is 12.4 Å². The summed E-state index contributed by atoms with van der Waals surface area (Å²) in [6, 6.07) is 6.47. The Kier molecular flexibility index (Phi) is 5.03. The maximum absolute atomic E-state index is 12.7. The van der Waals surface area contributed by atoms with Crippen LogP contribution in [0.4, 0.5) is 26.3 Å². The minimum atomic E-state index is -4.47. The molecule has 2 aliphatic rings. The molecule has 0 amide bonds. The fourth-order valence-corrected chi connectivity index (χ4v) is 3.51. The molecule has 160 valence electrons. The number of fused-ring (bicyclic) bond motifs is 2. The third kappa shape index (κ3) is 4.31. The molecule has 1 aromatic carbocycles. The van der Waals surface area contributed by atoms with Gasteiger partial charge in [-0.05, 0) is 49.2 Å². The topological polar surface area (TPSA) is 34.6 Å². The van der Waals surface area contributed by atoms with Crippen molar-refractivity contribution < 1.29 is 35.9 Å². The summed E-state index contributed by atoms with van der Waals surface area (Å²) in [5.41, 5.74) is -0.814. The molecule has 10 heteroatoms. The zero-order valence-electron chi connectivity index (χ0n) is 15.4. The highest BCUT2D eigenvalue weighted by atomic mass is 19.4. The van der Waals surface area contributed by atoms with Gasteiger partial charge in [0.25, 0.3) is 0 Å². The number of allylic oxidation sites excluding steroid dienone is 1. The summed E-state index contributed by atoms with van der Waals surface area (Å²) < 4.78 is 81.7. The molecule has 2 bridgehead atoms. The number of hydrogen-bond donors (Lipinski definition) is 0. The van der Waals surface area contributed by atoms with Crippen LogP contribution in [0.2, 0.25) is 0 Å². The lowest BCUT2D eigenvalue weighted by molar-refractivity contribution is -0.138. The van der Waals surface area contributed by atoms with Gasteiger partial charge < -0.3 is 9.57 Å². The highest BCUT2D eigenvalue weighted by molar-refractivity contribution is 5.30. The highest BCUT2D eigenvalue weighted by Gasteiger charge is 2.38. The van der Waals surface area contributed by atoms with Crippen molar-refractivity contribution in [3.63, 3.8) is 0 Å². The van der Waals surface area contributed by atoms with Crippen molar-refractivity contribution in [1.82, 2.24) is 10.0 Å². The second-order valence-electron chi connectivity index (χ2n) is 7.06. The Morgan fingerprint density at radius 3 is 2.13 bits per heavy atom. The summed E-state index contributed by atoms with van der Waals surface area (Å²) >= 11 is 0. The van der Waals surface area contributed by atoms with E-state index in [0.29, 0.717) is 24.8 Å². The predicted molar refractivity (Wildman–Crippen MR) is 93.3 cm³/mol. The van der Waals surface area contributed by atoms with E-state index in [1.54, 1.807) is 5.06 Å². The zero-order chi connectivity index (χ0) is 21.5. The lowest BCUT2D eigenvalue weighted by Crippen LogP contribution is -2.39. The standard InChI is InChI=1S/C20H16F6N2O2/c21-19(22,23)12-1-6-16(7-2-12)29-17-9-14-4-5-15(10-17)28(14)30-18-8-3-13(11-27-18)20(24,25)26/h1-3,6-9,11,15,17H,4-5,10H2/t15-,17-/m1/s1. The van der Waals surface area contributed by atoms with Gasteiger partial charge in [-0.2, -0.15) is 26.3 Å². The molecule has 3 heterocycles. The number of pyridine rings is 1. The molecule has 2 aromatic rings. The van der Waals surface area contributed by atoms with E-state index >= 15 is 0 Å². The fourth-order valence-electron chi connectivity index (χ4n) is 3.51. The second-order valence-corrected chi connectivity index (χ2v) is 7.06. The molecular weight excluding hydrogens is 414 g/mol. The van der Waals surface area contributed by atoms with Crippen molar-refractivity contribution in [2.75, 3.05) is 0 Å². The number of hydrogen-bond acceptors (Lipinski definition) is 4. The third-order valence-corrected chi connectivity index (χ3v) is 4.96. The molecule has 4 rings (SSSR count). The average molecular weight is 430 g/mol. The smallest absolute Gasteiger partial charge is 0.417 e. The van der Waals surface area contributed by atoms with Crippen LogP contribution in [-0.4, -0.2) is 22.2 Å². The molecule has 1 saturated heterocycles. The Labute approximate surface area is 167 Å². The van der Waals surface area contributed by atoms with E-state index in [4.69, 9.17) is 9.57 Å². The Hall–Kier alpha value is -2.91. The van der Waals surface area contributed by atoms with Crippen LogP contribution in [0.1, 0.15) is 30.4 Å². The first-order chi connectivity index (χ1) is 14.1. The summed E-state index contributed by atoms with van der Waals surface area (Å²) in [5, 5.41) is 1.61. The Morgan fingerprint density at radius 2 is 1.57 bits per heavy atom. The average Bonchev–Trinajstić information content (AvgIpc) is 2.90. The minimum absolute atomic E-state index is 0.0444.